The van der Waals surface area contributed by atoms with E-state index in [1.165, 1.54) is 11.8 Å². The van der Waals surface area contributed by atoms with Crippen molar-refractivity contribution < 1.29 is 0 Å². The van der Waals surface area contributed by atoms with Crippen molar-refractivity contribution in [2.45, 2.75) is 42.9 Å². The van der Waals surface area contributed by atoms with Gasteiger partial charge in [0, 0.05) is 40.0 Å². The predicted molar refractivity (Wildman–Crippen MR) is 84.2 cm³/mol. The second-order valence-electron chi connectivity index (χ2n) is 5.54. The third kappa shape index (κ3) is 5.12. The standard InChI is InChI=1S/C15H18ClN3S/c1-15(2,3)19-10-11-8-17-14(18-9-11)20-13-6-4-5-12(16)7-13/h4-9,19H,10H2,1-3H3. The van der Waals surface area contributed by atoms with Gasteiger partial charge in [-0.2, -0.15) is 0 Å². The average molecular weight is 308 g/mol. The monoisotopic (exact) mass is 307 g/mol. The molecule has 1 aromatic carbocycles. The normalized spacial score (nSPS) is 11.6. The molecular weight excluding hydrogens is 290 g/mol. The summed E-state index contributed by atoms with van der Waals surface area (Å²) in [5.74, 6) is 0. The summed E-state index contributed by atoms with van der Waals surface area (Å²) in [4.78, 5) is 9.79. The van der Waals surface area contributed by atoms with Gasteiger partial charge in [0.25, 0.3) is 0 Å². The summed E-state index contributed by atoms with van der Waals surface area (Å²) in [5, 5.41) is 4.86. The van der Waals surface area contributed by atoms with E-state index in [2.05, 4.69) is 36.1 Å². The summed E-state index contributed by atoms with van der Waals surface area (Å²) in [6.07, 6.45) is 3.72. The molecule has 0 unspecified atom stereocenters. The Labute approximate surface area is 129 Å². The van der Waals surface area contributed by atoms with Crippen LogP contribution in [0.4, 0.5) is 0 Å². The summed E-state index contributed by atoms with van der Waals surface area (Å²) < 4.78 is 0. The average Bonchev–Trinajstić information content (AvgIpc) is 2.37. The Hall–Kier alpha value is -1.10. The van der Waals surface area contributed by atoms with E-state index in [1.54, 1.807) is 0 Å². The maximum absolute atomic E-state index is 5.96. The molecule has 0 spiro atoms. The van der Waals surface area contributed by atoms with Gasteiger partial charge in [-0.1, -0.05) is 17.7 Å². The number of benzene rings is 1. The number of aromatic nitrogens is 2. The number of nitrogens with one attached hydrogen (secondary N) is 1. The van der Waals surface area contributed by atoms with E-state index in [-0.39, 0.29) is 5.54 Å². The Balaban J connectivity index is 1.98. The molecule has 106 valence electrons. The highest BCUT2D eigenvalue weighted by Crippen LogP contribution is 2.26. The summed E-state index contributed by atoms with van der Waals surface area (Å²) in [7, 11) is 0. The van der Waals surface area contributed by atoms with Crippen molar-refractivity contribution >= 4 is 23.4 Å². The zero-order valence-corrected chi connectivity index (χ0v) is 13.4. The van der Waals surface area contributed by atoms with E-state index < -0.39 is 0 Å². The van der Waals surface area contributed by atoms with E-state index in [1.807, 2.05) is 36.7 Å². The van der Waals surface area contributed by atoms with Crippen molar-refractivity contribution in [2.75, 3.05) is 0 Å². The molecule has 2 rings (SSSR count). The lowest BCUT2D eigenvalue weighted by atomic mass is 10.1. The summed E-state index contributed by atoms with van der Waals surface area (Å²) in [5.41, 5.74) is 1.17. The molecule has 2 aromatic rings. The molecule has 0 radical (unpaired) electrons. The number of halogens is 1. The lowest BCUT2D eigenvalue weighted by molar-refractivity contribution is 0.423. The SMILES string of the molecule is CC(C)(C)NCc1cnc(Sc2cccc(Cl)c2)nc1. The van der Waals surface area contributed by atoms with E-state index in [9.17, 15) is 0 Å². The van der Waals surface area contributed by atoms with Crippen molar-refractivity contribution in [1.82, 2.24) is 15.3 Å². The van der Waals surface area contributed by atoms with Crippen LogP contribution >= 0.6 is 23.4 Å². The molecule has 0 bridgehead atoms. The predicted octanol–water partition coefficient (Wildman–Crippen LogP) is 4.17. The molecule has 0 fully saturated rings. The zero-order valence-electron chi connectivity index (χ0n) is 11.9. The lowest BCUT2D eigenvalue weighted by Gasteiger charge is -2.20. The fourth-order valence-corrected chi connectivity index (χ4v) is 2.50. The van der Waals surface area contributed by atoms with Crippen LogP contribution < -0.4 is 5.32 Å². The molecule has 3 nitrogen and oxygen atoms in total. The number of hydrogen-bond acceptors (Lipinski definition) is 4. The molecule has 0 aliphatic heterocycles. The lowest BCUT2D eigenvalue weighted by Crippen LogP contribution is -2.35. The first-order chi connectivity index (χ1) is 9.42. The Kier molecular flexibility index (Phi) is 5.02. The fourth-order valence-electron chi connectivity index (χ4n) is 1.49. The zero-order chi connectivity index (χ0) is 14.6. The van der Waals surface area contributed by atoms with E-state index >= 15 is 0 Å². The van der Waals surface area contributed by atoms with Gasteiger partial charge >= 0.3 is 0 Å². The van der Waals surface area contributed by atoms with Gasteiger partial charge in [0.15, 0.2) is 5.16 Å². The van der Waals surface area contributed by atoms with Crippen molar-refractivity contribution in [3.63, 3.8) is 0 Å². The molecule has 1 aromatic heterocycles. The Morgan fingerprint density at radius 2 is 1.90 bits per heavy atom. The van der Waals surface area contributed by atoms with Gasteiger partial charge in [-0.15, -0.1) is 0 Å². The van der Waals surface area contributed by atoms with Crippen LogP contribution in [0.1, 0.15) is 26.3 Å². The maximum atomic E-state index is 5.96. The molecule has 0 saturated carbocycles. The van der Waals surface area contributed by atoms with Crippen molar-refractivity contribution in [2.24, 2.45) is 0 Å². The minimum atomic E-state index is 0.0915. The first-order valence-corrected chi connectivity index (χ1v) is 7.61. The van der Waals surface area contributed by atoms with Crippen LogP contribution in [0, 0.1) is 0 Å². The van der Waals surface area contributed by atoms with Crippen LogP contribution in [-0.2, 0) is 6.54 Å². The molecule has 5 heteroatoms. The summed E-state index contributed by atoms with van der Waals surface area (Å²) >= 11 is 7.46. The highest BCUT2D eigenvalue weighted by molar-refractivity contribution is 7.99. The third-order valence-corrected chi connectivity index (χ3v) is 3.63. The largest absolute Gasteiger partial charge is 0.308 e. The van der Waals surface area contributed by atoms with Crippen molar-refractivity contribution in [3.05, 3.63) is 47.2 Å². The molecule has 20 heavy (non-hydrogen) atoms. The molecule has 1 N–H and O–H groups in total. The van der Waals surface area contributed by atoms with Crippen molar-refractivity contribution in [1.29, 1.82) is 0 Å². The van der Waals surface area contributed by atoms with Crippen LogP contribution in [0.15, 0.2) is 46.7 Å². The molecule has 0 amide bonds. The van der Waals surface area contributed by atoms with E-state index in [0.29, 0.717) is 0 Å². The second kappa shape index (κ2) is 6.57. The van der Waals surface area contributed by atoms with Gasteiger partial charge in [-0.25, -0.2) is 9.97 Å². The molecule has 0 saturated heterocycles. The molecule has 0 aliphatic rings. The molecule has 0 aliphatic carbocycles. The highest BCUT2D eigenvalue weighted by atomic mass is 35.5. The summed E-state index contributed by atoms with van der Waals surface area (Å²) in [6.45, 7) is 7.18. The van der Waals surface area contributed by atoms with Crippen molar-refractivity contribution in [3.8, 4) is 0 Å². The number of rotatable bonds is 4. The fraction of sp³-hybridized carbons (Fsp3) is 0.333. The van der Waals surface area contributed by atoms with Crippen LogP contribution in [0.3, 0.4) is 0 Å². The van der Waals surface area contributed by atoms with Gasteiger partial charge in [-0.3, -0.25) is 0 Å². The van der Waals surface area contributed by atoms with Gasteiger partial charge in [0.05, 0.1) is 0 Å². The van der Waals surface area contributed by atoms with Crippen LogP contribution in [0.5, 0.6) is 0 Å². The van der Waals surface area contributed by atoms with Crippen LogP contribution in [-0.4, -0.2) is 15.5 Å². The highest BCUT2D eigenvalue weighted by Gasteiger charge is 2.09. The Morgan fingerprint density at radius 1 is 1.20 bits per heavy atom. The number of nitrogens with zero attached hydrogens (tertiary/aromatic N) is 2. The first kappa shape index (κ1) is 15.3. The second-order valence-corrected chi connectivity index (χ2v) is 7.01. The molecular formula is C15H18ClN3S. The first-order valence-electron chi connectivity index (χ1n) is 6.42. The minimum Gasteiger partial charge on any atom is -0.308 e. The summed E-state index contributed by atoms with van der Waals surface area (Å²) in [6, 6.07) is 7.68. The number of hydrogen-bond donors (Lipinski definition) is 1. The van der Waals surface area contributed by atoms with Gasteiger partial charge in [-0.05, 0) is 50.7 Å². The van der Waals surface area contributed by atoms with Crippen LogP contribution in [0.25, 0.3) is 0 Å². The third-order valence-electron chi connectivity index (χ3n) is 2.51. The van der Waals surface area contributed by atoms with E-state index in [4.69, 9.17) is 11.6 Å². The smallest absolute Gasteiger partial charge is 0.192 e. The Morgan fingerprint density at radius 3 is 2.50 bits per heavy atom. The molecule has 1 heterocycles. The Bertz CT molecular complexity index is 564. The topological polar surface area (TPSA) is 37.8 Å². The van der Waals surface area contributed by atoms with Gasteiger partial charge in [0.2, 0.25) is 0 Å². The van der Waals surface area contributed by atoms with Gasteiger partial charge in [0.1, 0.15) is 0 Å². The van der Waals surface area contributed by atoms with Crippen LogP contribution in [0.2, 0.25) is 5.02 Å². The molecule has 0 atom stereocenters. The quantitative estimate of drug-likeness (QED) is 0.860. The minimum absolute atomic E-state index is 0.0915. The van der Waals surface area contributed by atoms with Gasteiger partial charge < -0.3 is 5.32 Å². The van der Waals surface area contributed by atoms with E-state index in [0.717, 1.165) is 27.2 Å². The maximum Gasteiger partial charge on any atom is 0.192 e.